The molecule has 9 nitrogen and oxygen atoms in total. The molecule has 0 saturated carbocycles. The van der Waals surface area contributed by atoms with Crippen LogP contribution in [0.25, 0.3) is 6.08 Å². The first-order chi connectivity index (χ1) is 19.3. The number of rotatable bonds is 20. The zero-order valence-electron chi connectivity index (χ0n) is 24.0. The number of benzene rings is 2. The van der Waals surface area contributed by atoms with Crippen LogP contribution in [0.1, 0.15) is 57.6 Å². The van der Waals surface area contributed by atoms with Crippen molar-refractivity contribution in [1.29, 1.82) is 0 Å². The molecule has 0 amide bonds. The molecule has 0 aromatic heterocycles. The van der Waals surface area contributed by atoms with Gasteiger partial charge < -0.3 is 27.9 Å². The number of hydrogen-bond acceptors (Lipinski definition) is 9. The summed E-state index contributed by atoms with van der Waals surface area (Å²) in [6.45, 7) is 7.92. The fraction of sp³-hybridized carbons (Fsp3) is 0.500. The van der Waals surface area contributed by atoms with Crippen LogP contribution < -0.4 is 18.4 Å². The first-order valence-corrected chi connectivity index (χ1v) is 15.3. The molecule has 0 saturated heterocycles. The highest BCUT2D eigenvalue weighted by Gasteiger charge is 2.16. The first kappa shape index (κ1) is 33.0. The summed E-state index contributed by atoms with van der Waals surface area (Å²) in [7, 11) is -2.21. The van der Waals surface area contributed by atoms with E-state index in [1.807, 2.05) is 26.0 Å². The fourth-order valence-electron chi connectivity index (χ4n) is 3.46. The molecule has 0 fully saturated rings. The number of carbonyl (C=O) groups is 1. The predicted molar refractivity (Wildman–Crippen MR) is 155 cm³/mol. The van der Waals surface area contributed by atoms with Gasteiger partial charge in [-0.05, 0) is 61.2 Å². The van der Waals surface area contributed by atoms with Crippen LogP contribution in [-0.2, 0) is 30.8 Å². The summed E-state index contributed by atoms with van der Waals surface area (Å²) in [5.41, 5.74) is 1.67. The van der Waals surface area contributed by atoms with Crippen molar-refractivity contribution < 1.29 is 41.1 Å². The van der Waals surface area contributed by atoms with E-state index in [9.17, 15) is 13.2 Å². The number of methoxy groups -OCH3 is 1. The van der Waals surface area contributed by atoms with E-state index in [0.29, 0.717) is 56.5 Å². The molecule has 0 bridgehead atoms. The second kappa shape index (κ2) is 18.2. The maximum atomic E-state index is 12.2. The van der Waals surface area contributed by atoms with Crippen molar-refractivity contribution >= 4 is 22.2 Å². The van der Waals surface area contributed by atoms with Crippen LogP contribution in [0.2, 0.25) is 0 Å². The van der Waals surface area contributed by atoms with E-state index in [4.69, 9.17) is 27.9 Å². The van der Waals surface area contributed by atoms with Crippen LogP contribution in [0.5, 0.6) is 23.0 Å². The first-order valence-electron chi connectivity index (χ1n) is 13.7. The van der Waals surface area contributed by atoms with Crippen LogP contribution in [-0.4, -0.2) is 60.3 Å². The average molecular weight is 579 g/mol. The van der Waals surface area contributed by atoms with E-state index in [0.717, 1.165) is 30.4 Å². The number of ether oxygens (including phenoxy) is 5. The van der Waals surface area contributed by atoms with Gasteiger partial charge in [0.25, 0.3) is 0 Å². The Labute approximate surface area is 238 Å². The smallest absolute Gasteiger partial charge is 0.330 e. The third-order valence-electron chi connectivity index (χ3n) is 5.65. The third-order valence-corrected chi connectivity index (χ3v) is 6.87. The van der Waals surface area contributed by atoms with Crippen molar-refractivity contribution in [1.82, 2.24) is 0 Å². The molecule has 0 aliphatic carbocycles. The minimum atomic E-state index is -3.68. The summed E-state index contributed by atoms with van der Waals surface area (Å²) >= 11 is 0. The van der Waals surface area contributed by atoms with Gasteiger partial charge in [-0.25, -0.2) is 4.79 Å². The SMILES string of the molecule is CCCCOc1cc(C=CC(=O)OCCOCC)ccc1OCCc1ccc(OS(=O)(=O)CCCC)c(OC)c1. The molecule has 0 heterocycles. The van der Waals surface area contributed by atoms with Gasteiger partial charge in [-0.3, -0.25) is 0 Å². The van der Waals surface area contributed by atoms with E-state index >= 15 is 0 Å². The van der Waals surface area contributed by atoms with Gasteiger partial charge in [0.05, 0.1) is 32.7 Å². The lowest BCUT2D eigenvalue weighted by Crippen LogP contribution is -2.14. The summed E-state index contributed by atoms with van der Waals surface area (Å²) < 4.78 is 57.3. The van der Waals surface area contributed by atoms with Crippen LogP contribution in [0, 0.1) is 0 Å². The van der Waals surface area contributed by atoms with Crippen molar-refractivity contribution in [2.24, 2.45) is 0 Å². The van der Waals surface area contributed by atoms with Gasteiger partial charge in [-0.2, -0.15) is 8.42 Å². The Bertz CT molecular complexity index is 1180. The highest BCUT2D eigenvalue weighted by Crippen LogP contribution is 2.31. The summed E-state index contributed by atoms with van der Waals surface area (Å²) in [5, 5.41) is 0. The number of hydrogen-bond donors (Lipinski definition) is 0. The van der Waals surface area contributed by atoms with E-state index in [2.05, 4.69) is 6.92 Å². The molecule has 2 aromatic rings. The van der Waals surface area contributed by atoms with Gasteiger partial charge in [-0.1, -0.05) is 38.8 Å². The predicted octanol–water partition coefficient (Wildman–Crippen LogP) is 5.60. The Morgan fingerprint density at radius 1 is 0.825 bits per heavy atom. The van der Waals surface area contributed by atoms with Crippen LogP contribution >= 0.6 is 0 Å². The standard InChI is InChI=1S/C30H42O9S/c1-5-8-17-36-29-23-24(12-15-30(31)38-20-19-35-7-3)10-13-26(29)37-18-16-25-11-14-27(28(22-25)34-4)39-40(32,33)21-9-6-2/h10-15,22-23H,5-9,16-21H2,1-4H3. The molecule has 0 radical (unpaired) electrons. The monoisotopic (exact) mass is 578 g/mol. The van der Waals surface area contributed by atoms with Gasteiger partial charge in [0.1, 0.15) is 6.61 Å². The molecule has 0 atom stereocenters. The van der Waals surface area contributed by atoms with Crippen LogP contribution in [0.15, 0.2) is 42.5 Å². The normalized spacial score (nSPS) is 11.4. The topological polar surface area (TPSA) is 107 Å². The van der Waals surface area contributed by atoms with E-state index in [-0.39, 0.29) is 18.1 Å². The number of unbranched alkanes of at least 4 members (excludes halogenated alkanes) is 2. The molecule has 0 aliphatic rings. The zero-order chi connectivity index (χ0) is 29.2. The molecule has 40 heavy (non-hydrogen) atoms. The van der Waals surface area contributed by atoms with Crippen molar-refractivity contribution in [2.75, 3.05) is 45.9 Å². The zero-order valence-corrected chi connectivity index (χ0v) is 24.8. The molecule has 0 aliphatic heterocycles. The summed E-state index contributed by atoms with van der Waals surface area (Å²) in [5.74, 6) is 1.18. The lowest BCUT2D eigenvalue weighted by molar-refractivity contribution is -0.139. The largest absolute Gasteiger partial charge is 0.493 e. The number of esters is 1. The molecule has 2 rings (SSSR count). The van der Waals surface area contributed by atoms with Gasteiger partial charge >= 0.3 is 16.1 Å². The highest BCUT2D eigenvalue weighted by molar-refractivity contribution is 7.87. The van der Waals surface area contributed by atoms with Crippen molar-refractivity contribution in [3.63, 3.8) is 0 Å². The Kier molecular flexibility index (Phi) is 15.0. The van der Waals surface area contributed by atoms with E-state index in [1.165, 1.54) is 13.2 Å². The Hall–Kier alpha value is -3.24. The molecular formula is C30H42O9S. The van der Waals surface area contributed by atoms with Gasteiger partial charge in [0.2, 0.25) is 0 Å². The summed E-state index contributed by atoms with van der Waals surface area (Å²) in [6, 6.07) is 10.6. The van der Waals surface area contributed by atoms with E-state index < -0.39 is 16.1 Å². The quantitative estimate of drug-likeness (QED) is 0.0859. The fourth-order valence-corrected chi connectivity index (χ4v) is 4.60. The van der Waals surface area contributed by atoms with Gasteiger partial charge in [0, 0.05) is 19.1 Å². The van der Waals surface area contributed by atoms with Gasteiger partial charge in [0.15, 0.2) is 23.0 Å². The van der Waals surface area contributed by atoms with Crippen LogP contribution in [0.4, 0.5) is 0 Å². The maximum Gasteiger partial charge on any atom is 0.330 e. The maximum absolute atomic E-state index is 12.2. The average Bonchev–Trinajstić information content (AvgIpc) is 2.94. The lowest BCUT2D eigenvalue weighted by Gasteiger charge is -2.14. The van der Waals surface area contributed by atoms with Gasteiger partial charge in [-0.15, -0.1) is 0 Å². The van der Waals surface area contributed by atoms with Crippen LogP contribution in [0.3, 0.4) is 0 Å². The molecule has 222 valence electrons. The lowest BCUT2D eigenvalue weighted by atomic mass is 10.1. The molecule has 10 heteroatoms. The van der Waals surface area contributed by atoms with Crippen molar-refractivity contribution in [2.45, 2.75) is 52.9 Å². The Morgan fingerprint density at radius 2 is 1.57 bits per heavy atom. The molecule has 2 aromatic carbocycles. The molecule has 0 unspecified atom stereocenters. The molecular weight excluding hydrogens is 536 g/mol. The second-order valence-corrected chi connectivity index (χ2v) is 10.6. The minimum absolute atomic E-state index is 0.0436. The van der Waals surface area contributed by atoms with Crippen molar-refractivity contribution in [3.8, 4) is 23.0 Å². The van der Waals surface area contributed by atoms with E-state index in [1.54, 1.807) is 30.3 Å². The number of carbonyl (C=O) groups excluding carboxylic acids is 1. The van der Waals surface area contributed by atoms with Crippen molar-refractivity contribution in [3.05, 3.63) is 53.6 Å². The Morgan fingerprint density at radius 3 is 2.30 bits per heavy atom. The molecule has 0 N–H and O–H groups in total. The minimum Gasteiger partial charge on any atom is -0.493 e. The Balaban J connectivity index is 2.03. The highest BCUT2D eigenvalue weighted by atomic mass is 32.2. The summed E-state index contributed by atoms with van der Waals surface area (Å²) in [4.78, 5) is 11.9. The summed E-state index contributed by atoms with van der Waals surface area (Å²) in [6.07, 6.45) is 6.75. The second-order valence-electron chi connectivity index (χ2n) is 8.89. The molecule has 0 spiro atoms. The third kappa shape index (κ3) is 12.3.